The average molecular weight is 421 g/mol. The zero-order valence-electron chi connectivity index (χ0n) is 17.0. The molecule has 5 rings (SSSR count). The van der Waals surface area contributed by atoms with Crippen LogP contribution in [0.15, 0.2) is 37.2 Å². The van der Waals surface area contributed by atoms with Gasteiger partial charge >= 0.3 is 0 Å². The number of pyridine rings is 1. The van der Waals surface area contributed by atoms with Crippen molar-refractivity contribution in [3.05, 3.63) is 59.8 Å². The molecule has 9 nitrogen and oxygen atoms in total. The molecule has 1 saturated heterocycles. The van der Waals surface area contributed by atoms with Gasteiger partial charge in [-0.2, -0.15) is 5.10 Å². The number of halogens is 1. The van der Waals surface area contributed by atoms with Gasteiger partial charge in [-0.15, -0.1) is 0 Å². The van der Waals surface area contributed by atoms with Crippen LogP contribution in [0.3, 0.4) is 0 Å². The summed E-state index contributed by atoms with van der Waals surface area (Å²) < 4.78 is 16.7. The summed E-state index contributed by atoms with van der Waals surface area (Å²) in [5.74, 6) is -0.439. The SMILES string of the molecule is Cc1c([C@@H](C)n2cc(NC(=O)c3cnccn3)cn2)cnc(N2C[C@H]3C[C@H]3C2=O)c1F. The van der Waals surface area contributed by atoms with Crippen LogP contribution in [0.25, 0.3) is 0 Å². The highest BCUT2D eigenvalue weighted by atomic mass is 19.1. The Hall–Kier alpha value is -3.69. The van der Waals surface area contributed by atoms with Crippen molar-refractivity contribution in [2.75, 3.05) is 16.8 Å². The Morgan fingerprint density at radius 1 is 1.26 bits per heavy atom. The molecule has 4 heterocycles. The molecule has 31 heavy (non-hydrogen) atoms. The van der Waals surface area contributed by atoms with Gasteiger partial charge in [0.05, 0.1) is 24.1 Å². The van der Waals surface area contributed by atoms with Crippen molar-refractivity contribution in [2.24, 2.45) is 11.8 Å². The summed E-state index contributed by atoms with van der Waals surface area (Å²) in [5, 5.41) is 7.00. The van der Waals surface area contributed by atoms with Crippen LogP contribution in [0, 0.1) is 24.6 Å². The van der Waals surface area contributed by atoms with Crippen LogP contribution in [0.1, 0.15) is 41.0 Å². The molecule has 1 aliphatic heterocycles. The summed E-state index contributed by atoms with van der Waals surface area (Å²) >= 11 is 0. The van der Waals surface area contributed by atoms with Gasteiger partial charge in [0.1, 0.15) is 5.69 Å². The Balaban J connectivity index is 1.34. The van der Waals surface area contributed by atoms with E-state index in [0.29, 0.717) is 29.3 Å². The van der Waals surface area contributed by atoms with E-state index in [1.165, 1.54) is 29.7 Å². The van der Waals surface area contributed by atoms with Gasteiger partial charge in [-0.3, -0.25) is 24.2 Å². The lowest BCUT2D eigenvalue weighted by molar-refractivity contribution is -0.118. The lowest BCUT2D eigenvalue weighted by Gasteiger charge is -2.21. The van der Waals surface area contributed by atoms with Crippen LogP contribution in [-0.4, -0.2) is 43.1 Å². The molecule has 2 fully saturated rings. The first-order valence-electron chi connectivity index (χ1n) is 10.0. The minimum Gasteiger partial charge on any atom is -0.318 e. The standard InChI is InChI=1S/C21H20FN7O2/c1-11-16(7-25-19(18(11)22)28-9-13-5-15(13)21(28)31)12(2)29-10-14(6-26-29)27-20(30)17-8-23-3-4-24-17/h3-4,6-8,10,12-13,15H,5,9H2,1-2H3,(H,27,30)/t12-,13-,15-/m1/s1. The molecule has 0 unspecified atom stereocenters. The van der Waals surface area contributed by atoms with E-state index >= 15 is 4.39 Å². The van der Waals surface area contributed by atoms with Crippen LogP contribution < -0.4 is 10.2 Å². The number of nitrogens with zero attached hydrogens (tertiary/aromatic N) is 6. The topological polar surface area (TPSA) is 106 Å². The number of aromatic nitrogens is 5. The van der Waals surface area contributed by atoms with Crippen molar-refractivity contribution in [1.29, 1.82) is 0 Å². The van der Waals surface area contributed by atoms with Crippen molar-refractivity contribution < 1.29 is 14.0 Å². The van der Waals surface area contributed by atoms with E-state index in [9.17, 15) is 9.59 Å². The second kappa shape index (κ2) is 7.22. The largest absolute Gasteiger partial charge is 0.318 e. The predicted octanol–water partition coefficient (Wildman–Crippen LogP) is 2.36. The first-order chi connectivity index (χ1) is 14.9. The fourth-order valence-corrected chi connectivity index (χ4v) is 4.02. The molecule has 0 radical (unpaired) electrons. The van der Waals surface area contributed by atoms with Crippen LogP contribution >= 0.6 is 0 Å². The van der Waals surface area contributed by atoms with E-state index in [4.69, 9.17) is 0 Å². The maximum absolute atomic E-state index is 15.1. The van der Waals surface area contributed by atoms with Gasteiger partial charge < -0.3 is 5.32 Å². The molecule has 10 heteroatoms. The van der Waals surface area contributed by atoms with E-state index in [1.54, 1.807) is 24.0 Å². The first-order valence-corrected chi connectivity index (χ1v) is 10.0. The minimum absolute atomic E-state index is 0.0350. The van der Waals surface area contributed by atoms with Crippen LogP contribution in [0.4, 0.5) is 15.9 Å². The molecule has 1 aliphatic carbocycles. The molecule has 1 saturated carbocycles. The third-order valence-corrected chi connectivity index (χ3v) is 5.97. The van der Waals surface area contributed by atoms with Gasteiger partial charge in [0.25, 0.3) is 5.91 Å². The summed E-state index contributed by atoms with van der Waals surface area (Å²) in [4.78, 5) is 38.1. The highest BCUT2D eigenvalue weighted by molar-refractivity contribution is 6.02. The van der Waals surface area contributed by atoms with Crippen molar-refractivity contribution in [2.45, 2.75) is 26.3 Å². The summed E-state index contributed by atoms with van der Waals surface area (Å²) in [6.07, 6.45) is 9.95. The summed E-state index contributed by atoms with van der Waals surface area (Å²) in [6.45, 7) is 4.07. The second-order valence-corrected chi connectivity index (χ2v) is 7.96. The second-order valence-electron chi connectivity index (χ2n) is 7.96. The van der Waals surface area contributed by atoms with Gasteiger partial charge in [0, 0.05) is 42.8 Å². The molecule has 3 atom stereocenters. The highest BCUT2D eigenvalue weighted by Gasteiger charge is 2.53. The molecular weight excluding hydrogens is 401 g/mol. The van der Waals surface area contributed by atoms with Crippen LogP contribution in [-0.2, 0) is 4.79 Å². The van der Waals surface area contributed by atoms with Crippen LogP contribution in [0.2, 0.25) is 0 Å². The number of amides is 2. The molecule has 158 valence electrons. The Labute approximate surface area is 177 Å². The molecule has 3 aromatic rings. The Morgan fingerprint density at radius 2 is 2.10 bits per heavy atom. The molecule has 0 spiro atoms. The number of nitrogens with one attached hydrogen (secondary N) is 1. The fourth-order valence-electron chi connectivity index (χ4n) is 4.02. The fraction of sp³-hybridized carbons (Fsp3) is 0.333. The third kappa shape index (κ3) is 3.33. The molecule has 2 amide bonds. The van der Waals surface area contributed by atoms with Crippen molar-refractivity contribution in [3.8, 4) is 0 Å². The number of carbonyl (C=O) groups is 2. The lowest BCUT2D eigenvalue weighted by Crippen LogP contribution is -2.30. The number of carbonyl (C=O) groups excluding carboxylic acids is 2. The number of hydrogen-bond donors (Lipinski definition) is 1. The third-order valence-electron chi connectivity index (χ3n) is 5.97. The summed E-state index contributed by atoms with van der Waals surface area (Å²) in [5.41, 5.74) is 1.74. The predicted molar refractivity (Wildman–Crippen MR) is 109 cm³/mol. The number of fused-ring (bicyclic) bond motifs is 1. The maximum atomic E-state index is 15.1. The van der Waals surface area contributed by atoms with E-state index < -0.39 is 11.7 Å². The van der Waals surface area contributed by atoms with Gasteiger partial charge in [0.15, 0.2) is 11.6 Å². The van der Waals surface area contributed by atoms with Crippen molar-refractivity contribution in [3.63, 3.8) is 0 Å². The monoisotopic (exact) mass is 421 g/mol. The smallest absolute Gasteiger partial charge is 0.275 e. The van der Waals surface area contributed by atoms with E-state index in [0.717, 1.165) is 6.42 Å². The van der Waals surface area contributed by atoms with Crippen molar-refractivity contribution >= 4 is 23.3 Å². The molecule has 0 bridgehead atoms. The maximum Gasteiger partial charge on any atom is 0.275 e. The minimum atomic E-state index is -0.484. The van der Waals surface area contributed by atoms with E-state index in [2.05, 4.69) is 25.4 Å². The quantitative estimate of drug-likeness (QED) is 0.678. The lowest BCUT2D eigenvalue weighted by atomic mass is 10.0. The Bertz CT molecular complexity index is 1180. The molecular formula is C21H20FN7O2. The summed E-state index contributed by atoms with van der Waals surface area (Å²) in [7, 11) is 0. The molecule has 2 aliphatic rings. The molecule has 3 aromatic heterocycles. The summed E-state index contributed by atoms with van der Waals surface area (Å²) in [6, 6.07) is -0.332. The first kappa shape index (κ1) is 19.3. The van der Waals surface area contributed by atoms with Gasteiger partial charge in [-0.05, 0) is 31.7 Å². The zero-order valence-corrected chi connectivity index (χ0v) is 17.0. The number of anilines is 2. The molecule has 1 N–H and O–H groups in total. The number of hydrogen-bond acceptors (Lipinski definition) is 6. The average Bonchev–Trinajstić information content (AvgIpc) is 3.28. The molecule has 0 aromatic carbocycles. The Morgan fingerprint density at radius 3 is 2.81 bits per heavy atom. The van der Waals surface area contributed by atoms with E-state index in [1.807, 2.05) is 6.92 Å². The van der Waals surface area contributed by atoms with Crippen molar-refractivity contribution in [1.82, 2.24) is 24.7 Å². The number of piperidine rings is 1. The Kier molecular flexibility index (Phi) is 4.49. The zero-order chi connectivity index (χ0) is 21.7. The number of rotatable bonds is 5. The highest BCUT2D eigenvalue weighted by Crippen LogP contribution is 2.47. The van der Waals surface area contributed by atoms with Crippen LogP contribution in [0.5, 0.6) is 0 Å². The van der Waals surface area contributed by atoms with Gasteiger partial charge in [0.2, 0.25) is 5.91 Å². The van der Waals surface area contributed by atoms with Gasteiger partial charge in [-0.25, -0.2) is 14.4 Å². The van der Waals surface area contributed by atoms with Gasteiger partial charge in [-0.1, -0.05) is 0 Å². The van der Waals surface area contributed by atoms with E-state index in [-0.39, 0.29) is 29.4 Å². The normalized spacial score (nSPS) is 20.5.